The van der Waals surface area contributed by atoms with E-state index in [1.807, 2.05) is 30.3 Å². The van der Waals surface area contributed by atoms with Gasteiger partial charge in [-0.3, -0.25) is 0 Å². The molecule has 3 aromatic rings. The standard InChI is InChI=1S/C16H12BrFN2O/c17-13-3-1-11-8-14(4-2-10(11)7-13)21-16-15(18)12(9-19)5-6-20-16/h1-8H,9,19H2. The third-order valence-electron chi connectivity index (χ3n) is 3.15. The maximum Gasteiger partial charge on any atom is 0.256 e. The number of rotatable bonds is 3. The first kappa shape index (κ1) is 14.0. The number of hydrogen-bond acceptors (Lipinski definition) is 3. The van der Waals surface area contributed by atoms with Crippen LogP contribution in [-0.2, 0) is 6.54 Å². The number of ether oxygens (including phenoxy) is 1. The predicted octanol–water partition coefficient (Wildman–Crippen LogP) is 4.39. The van der Waals surface area contributed by atoms with Crippen molar-refractivity contribution < 1.29 is 9.13 Å². The molecule has 0 aliphatic carbocycles. The van der Waals surface area contributed by atoms with Crippen molar-refractivity contribution in [2.45, 2.75) is 6.54 Å². The minimum absolute atomic E-state index is 0.0607. The Morgan fingerprint density at radius 2 is 1.86 bits per heavy atom. The zero-order valence-corrected chi connectivity index (χ0v) is 12.6. The molecule has 0 saturated heterocycles. The third-order valence-corrected chi connectivity index (χ3v) is 3.64. The van der Waals surface area contributed by atoms with Crippen LogP contribution in [0.3, 0.4) is 0 Å². The second kappa shape index (κ2) is 5.79. The highest BCUT2D eigenvalue weighted by Crippen LogP contribution is 2.28. The Balaban J connectivity index is 1.96. The average molecular weight is 347 g/mol. The lowest BCUT2D eigenvalue weighted by Crippen LogP contribution is -2.02. The Morgan fingerprint density at radius 3 is 2.67 bits per heavy atom. The highest BCUT2D eigenvalue weighted by atomic mass is 79.9. The van der Waals surface area contributed by atoms with Crippen molar-refractivity contribution in [1.29, 1.82) is 0 Å². The van der Waals surface area contributed by atoms with Crippen molar-refractivity contribution in [2.75, 3.05) is 0 Å². The number of fused-ring (bicyclic) bond motifs is 1. The summed E-state index contributed by atoms with van der Waals surface area (Å²) in [6, 6.07) is 13.0. The van der Waals surface area contributed by atoms with Gasteiger partial charge in [0.05, 0.1) is 0 Å². The summed E-state index contributed by atoms with van der Waals surface area (Å²) in [7, 11) is 0. The van der Waals surface area contributed by atoms with E-state index in [-0.39, 0.29) is 12.4 Å². The molecular weight excluding hydrogens is 335 g/mol. The summed E-state index contributed by atoms with van der Waals surface area (Å²) >= 11 is 3.43. The van der Waals surface area contributed by atoms with Crippen LogP contribution < -0.4 is 10.5 Å². The Bertz CT molecular complexity index is 807. The molecule has 0 atom stereocenters. The highest BCUT2D eigenvalue weighted by molar-refractivity contribution is 9.10. The molecule has 0 spiro atoms. The Labute approximate surface area is 129 Å². The fraction of sp³-hybridized carbons (Fsp3) is 0.0625. The van der Waals surface area contributed by atoms with Gasteiger partial charge in [0.2, 0.25) is 0 Å². The van der Waals surface area contributed by atoms with Gasteiger partial charge in [0.25, 0.3) is 5.88 Å². The fourth-order valence-electron chi connectivity index (χ4n) is 2.06. The smallest absolute Gasteiger partial charge is 0.256 e. The second-order valence-corrected chi connectivity index (χ2v) is 5.46. The number of nitrogens with zero attached hydrogens (tertiary/aromatic N) is 1. The molecule has 5 heteroatoms. The summed E-state index contributed by atoms with van der Waals surface area (Å²) in [5.41, 5.74) is 5.85. The largest absolute Gasteiger partial charge is 0.436 e. The lowest BCUT2D eigenvalue weighted by Gasteiger charge is -2.08. The van der Waals surface area contributed by atoms with Crippen LogP contribution in [-0.4, -0.2) is 4.98 Å². The Kier molecular flexibility index (Phi) is 3.86. The lowest BCUT2D eigenvalue weighted by molar-refractivity contribution is 0.419. The number of pyridine rings is 1. The Hall–Kier alpha value is -1.98. The average Bonchev–Trinajstić information content (AvgIpc) is 2.49. The first-order chi connectivity index (χ1) is 10.2. The SMILES string of the molecule is NCc1ccnc(Oc2ccc3cc(Br)ccc3c2)c1F. The van der Waals surface area contributed by atoms with Crippen LogP contribution in [0.15, 0.2) is 53.1 Å². The summed E-state index contributed by atoms with van der Waals surface area (Å²) in [5, 5.41) is 2.08. The molecule has 0 saturated carbocycles. The zero-order chi connectivity index (χ0) is 14.8. The van der Waals surface area contributed by atoms with E-state index < -0.39 is 5.82 Å². The number of aromatic nitrogens is 1. The minimum atomic E-state index is -0.518. The van der Waals surface area contributed by atoms with Crippen molar-refractivity contribution in [2.24, 2.45) is 5.73 Å². The summed E-state index contributed by atoms with van der Waals surface area (Å²) in [4.78, 5) is 3.92. The molecule has 3 rings (SSSR count). The van der Waals surface area contributed by atoms with E-state index in [0.717, 1.165) is 15.2 Å². The number of halogens is 2. The van der Waals surface area contributed by atoms with Crippen LogP contribution in [0, 0.1) is 5.82 Å². The number of hydrogen-bond donors (Lipinski definition) is 1. The van der Waals surface area contributed by atoms with E-state index in [0.29, 0.717) is 11.3 Å². The van der Waals surface area contributed by atoms with Gasteiger partial charge in [0, 0.05) is 22.8 Å². The maximum atomic E-state index is 14.1. The first-order valence-corrected chi connectivity index (χ1v) is 7.17. The summed E-state index contributed by atoms with van der Waals surface area (Å²) in [6.45, 7) is 0.108. The molecule has 0 aliphatic rings. The van der Waals surface area contributed by atoms with E-state index in [4.69, 9.17) is 10.5 Å². The molecule has 0 unspecified atom stereocenters. The van der Waals surface area contributed by atoms with Crippen LogP contribution >= 0.6 is 15.9 Å². The molecular formula is C16H12BrFN2O. The molecule has 0 bridgehead atoms. The molecule has 0 aliphatic heterocycles. The number of nitrogens with two attached hydrogens (primary N) is 1. The summed E-state index contributed by atoms with van der Waals surface area (Å²) < 4.78 is 20.6. The first-order valence-electron chi connectivity index (χ1n) is 6.38. The molecule has 0 fully saturated rings. The molecule has 1 aromatic heterocycles. The fourth-order valence-corrected chi connectivity index (χ4v) is 2.44. The van der Waals surface area contributed by atoms with E-state index in [1.54, 1.807) is 12.1 Å². The molecule has 0 radical (unpaired) electrons. The maximum absolute atomic E-state index is 14.1. The van der Waals surface area contributed by atoms with Gasteiger partial charge in [-0.15, -0.1) is 0 Å². The van der Waals surface area contributed by atoms with E-state index in [9.17, 15) is 4.39 Å². The molecule has 1 heterocycles. The van der Waals surface area contributed by atoms with Gasteiger partial charge in [-0.05, 0) is 41.1 Å². The van der Waals surface area contributed by atoms with Crippen LogP contribution in [0.5, 0.6) is 11.6 Å². The second-order valence-electron chi connectivity index (χ2n) is 4.55. The quantitative estimate of drug-likeness (QED) is 0.765. The topological polar surface area (TPSA) is 48.1 Å². The summed E-state index contributed by atoms with van der Waals surface area (Å²) in [5.74, 6) is -0.0456. The van der Waals surface area contributed by atoms with Crippen molar-refractivity contribution in [1.82, 2.24) is 4.98 Å². The van der Waals surface area contributed by atoms with E-state index >= 15 is 0 Å². The monoisotopic (exact) mass is 346 g/mol. The van der Waals surface area contributed by atoms with Crippen molar-refractivity contribution >= 4 is 26.7 Å². The van der Waals surface area contributed by atoms with Crippen LogP contribution in [0.2, 0.25) is 0 Å². The van der Waals surface area contributed by atoms with Gasteiger partial charge in [0.15, 0.2) is 5.82 Å². The molecule has 106 valence electrons. The molecule has 0 amide bonds. The molecule has 21 heavy (non-hydrogen) atoms. The zero-order valence-electron chi connectivity index (χ0n) is 11.0. The number of benzene rings is 2. The molecule has 2 aromatic carbocycles. The van der Waals surface area contributed by atoms with Gasteiger partial charge in [-0.2, -0.15) is 0 Å². The van der Waals surface area contributed by atoms with Gasteiger partial charge in [0.1, 0.15) is 5.75 Å². The lowest BCUT2D eigenvalue weighted by atomic mass is 10.1. The molecule has 2 N–H and O–H groups in total. The highest BCUT2D eigenvalue weighted by Gasteiger charge is 2.11. The van der Waals surface area contributed by atoms with Gasteiger partial charge in [-0.25, -0.2) is 9.37 Å². The van der Waals surface area contributed by atoms with Crippen molar-refractivity contribution in [3.63, 3.8) is 0 Å². The van der Waals surface area contributed by atoms with E-state index in [2.05, 4.69) is 20.9 Å². The summed E-state index contributed by atoms with van der Waals surface area (Å²) in [6.07, 6.45) is 1.48. The normalized spacial score (nSPS) is 10.8. The van der Waals surface area contributed by atoms with Crippen LogP contribution in [0.4, 0.5) is 4.39 Å². The van der Waals surface area contributed by atoms with Gasteiger partial charge >= 0.3 is 0 Å². The van der Waals surface area contributed by atoms with Crippen LogP contribution in [0.25, 0.3) is 10.8 Å². The third kappa shape index (κ3) is 2.89. The van der Waals surface area contributed by atoms with Crippen molar-refractivity contribution in [3.8, 4) is 11.6 Å². The van der Waals surface area contributed by atoms with Crippen molar-refractivity contribution in [3.05, 3.63) is 64.5 Å². The minimum Gasteiger partial charge on any atom is -0.436 e. The molecule has 3 nitrogen and oxygen atoms in total. The van der Waals surface area contributed by atoms with Gasteiger partial charge < -0.3 is 10.5 Å². The van der Waals surface area contributed by atoms with Crippen LogP contribution in [0.1, 0.15) is 5.56 Å². The van der Waals surface area contributed by atoms with E-state index in [1.165, 1.54) is 6.20 Å². The Morgan fingerprint density at radius 1 is 1.10 bits per heavy atom. The predicted molar refractivity (Wildman–Crippen MR) is 83.8 cm³/mol. The van der Waals surface area contributed by atoms with Gasteiger partial charge in [-0.1, -0.05) is 28.1 Å².